The van der Waals surface area contributed by atoms with Crippen LogP contribution in [0.25, 0.3) is 0 Å². The van der Waals surface area contributed by atoms with E-state index in [9.17, 15) is 18.3 Å². The fourth-order valence-electron chi connectivity index (χ4n) is 0.996. The predicted octanol–water partition coefficient (Wildman–Crippen LogP) is -1.31. The molecule has 88 valence electrons. The summed E-state index contributed by atoms with van der Waals surface area (Å²) in [6.45, 7) is 1.18. The molecule has 3 N–H and O–H groups in total. The van der Waals surface area contributed by atoms with Gasteiger partial charge in [-0.15, -0.1) is 0 Å². The normalized spacial score (nSPS) is 13.3. The van der Waals surface area contributed by atoms with Gasteiger partial charge in [-0.1, -0.05) is 0 Å². The van der Waals surface area contributed by atoms with Gasteiger partial charge in [-0.3, -0.25) is 0 Å². The lowest BCUT2D eigenvalue weighted by molar-refractivity contribution is -0.307. The summed E-state index contributed by atoms with van der Waals surface area (Å²) < 4.78 is 25.2. The van der Waals surface area contributed by atoms with Gasteiger partial charge >= 0.3 is 0 Å². The van der Waals surface area contributed by atoms with Crippen LogP contribution in [0.15, 0.2) is 29.2 Å². The summed E-state index contributed by atoms with van der Waals surface area (Å²) in [7, 11) is -3.85. The minimum absolute atomic E-state index is 0.0465. The first-order valence-electron chi connectivity index (χ1n) is 4.41. The number of hydrogen-bond acceptors (Lipinski definition) is 5. The van der Waals surface area contributed by atoms with Gasteiger partial charge in [0.2, 0.25) is 10.0 Å². The quantitative estimate of drug-likeness (QED) is 0.637. The van der Waals surface area contributed by atoms with Gasteiger partial charge in [0.15, 0.2) is 0 Å². The van der Waals surface area contributed by atoms with Gasteiger partial charge in [-0.25, -0.2) is 13.1 Å². The number of anilines is 1. The van der Waals surface area contributed by atoms with Crippen molar-refractivity contribution in [3.05, 3.63) is 24.3 Å². The fourth-order valence-corrected chi connectivity index (χ4v) is 2.19. The number of nitrogens with two attached hydrogens (primary N) is 1. The van der Waals surface area contributed by atoms with E-state index in [1.807, 2.05) is 4.72 Å². The minimum Gasteiger partial charge on any atom is -0.548 e. The second-order valence-electron chi connectivity index (χ2n) is 3.23. The van der Waals surface area contributed by atoms with Crippen LogP contribution in [-0.2, 0) is 14.8 Å². The molecule has 1 aromatic rings. The zero-order valence-corrected chi connectivity index (χ0v) is 9.32. The first-order chi connectivity index (χ1) is 7.33. The second-order valence-corrected chi connectivity index (χ2v) is 4.95. The average Bonchev–Trinajstić information content (AvgIpc) is 2.17. The predicted molar refractivity (Wildman–Crippen MR) is 55.6 cm³/mol. The maximum absolute atomic E-state index is 11.6. The highest BCUT2D eigenvalue weighted by Crippen LogP contribution is 2.11. The number of carbonyl (C=O) groups is 1. The van der Waals surface area contributed by atoms with E-state index >= 15 is 0 Å². The number of hydrogen-bond donors (Lipinski definition) is 2. The molecule has 1 rings (SSSR count). The van der Waals surface area contributed by atoms with Gasteiger partial charge in [-0.05, 0) is 31.2 Å². The molecule has 0 aromatic heterocycles. The molecule has 7 heteroatoms. The van der Waals surface area contributed by atoms with Gasteiger partial charge in [0.05, 0.1) is 16.9 Å². The van der Waals surface area contributed by atoms with E-state index in [4.69, 9.17) is 5.73 Å². The maximum atomic E-state index is 11.6. The molecule has 0 saturated heterocycles. The van der Waals surface area contributed by atoms with Gasteiger partial charge in [0.1, 0.15) is 0 Å². The third-order valence-electron chi connectivity index (χ3n) is 1.88. The molecule has 0 aliphatic heterocycles. The van der Waals surface area contributed by atoms with Gasteiger partial charge in [0.25, 0.3) is 0 Å². The first-order valence-corrected chi connectivity index (χ1v) is 5.90. The average molecular weight is 243 g/mol. The summed E-state index contributed by atoms with van der Waals surface area (Å²) in [6.07, 6.45) is 0. The van der Waals surface area contributed by atoms with Crippen molar-refractivity contribution >= 4 is 21.7 Å². The molecule has 0 aliphatic rings. The molecular formula is C9H11N2O4S-. The third-order valence-corrected chi connectivity index (χ3v) is 3.43. The standard InChI is InChI=1S/C9H12N2O4S/c1-6(9(12)13)11-16(14,15)8-4-2-7(10)3-5-8/h2-6,11H,10H2,1H3,(H,12,13)/p-1/t6-/m0/s1. The monoisotopic (exact) mass is 243 g/mol. The van der Waals surface area contributed by atoms with Crippen LogP contribution in [0, 0.1) is 0 Å². The van der Waals surface area contributed by atoms with Crippen molar-refractivity contribution in [1.82, 2.24) is 4.72 Å². The van der Waals surface area contributed by atoms with Gasteiger partial charge < -0.3 is 15.6 Å². The molecule has 0 fully saturated rings. The number of carboxylic acid groups (broad SMARTS) is 1. The molecule has 1 aromatic carbocycles. The van der Waals surface area contributed by atoms with Crippen LogP contribution < -0.4 is 15.6 Å². The van der Waals surface area contributed by atoms with E-state index in [1.54, 1.807) is 0 Å². The van der Waals surface area contributed by atoms with Gasteiger partial charge in [-0.2, -0.15) is 0 Å². The van der Waals surface area contributed by atoms with Crippen LogP contribution in [0.5, 0.6) is 0 Å². The number of sulfonamides is 1. The van der Waals surface area contributed by atoms with Crippen molar-refractivity contribution in [2.45, 2.75) is 17.9 Å². The lowest BCUT2D eigenvalue weighted by Crippen LogP contribution is -2.45. The Morgan fingerprint density at radius 3 is 2.31 bits per heavy atom. The van der Waals surface area contributed by atoms with E-state index in [2.05, 4.69) is 0 Å². The molecule has 6 nitrogen and oxygen atoms in total. The summed E-state index contributed by atoms with van der Waals surface area (Å²) in [5, 5.41) is 10.4. The molecule has 0 heterocycles. The Morgan fingerprint density at radius 2 is 1.88 bits per heavy atom. The van der Waals surface area contributed by atoms with Crippen molar-refractivity contribution in [1.29, 1.82) is 0 Å². The SMILES string of the molecule is C[C@H](NS(=O)(=O)c1ccc(N)cc1)C(=O)[O-]. The van der Waals surface area contributed by atoms with Crippen molar-refractivity contribution in [2.24, 2.45) is 0 Å². The highest BCUT2D eigenvalue weighted by atomic mass is 32.2. The number of aliphatic carboxylic acids is 1. The summed E-state index contributed by atoms with van der Waals surface area (Å²) in [6, 6.07) is 4.12. The van der Waals surface area contributed by atoms with E-state index in [0.29, 0.717) is 5.69 Å². The largest absolute Gasteiger partial charge is 0.548 e. The zero-order valence-electron chi connectivity index (χ0n) is 8.51. The fraction of sp³-hybridized carbons (Fsp3) is 0.222. The molecule has 0 aliphatic carbocycles. The van der Waals surface area contributed by atoms with E-state index in [-0.39, 0.29) is 4.90 Å². The van der Waals surface area contributed by atoms with Crippen molar-refractivity contribution < 1.29 is 18.3 Å². The highest BCUT2D eigenvalue weighted by molar-refractivity contribution is 7.89. The number of rotatable bonds is 4. The number of carbonyl (C=O) groups excluding carboxylic acids is 1. The number of benzene rings is 1. The van der Waals surface area contributed by atoms with Crippen LogP contribution >= 0.6 is 0 Å². The topological polar surface area (TPSA) is 112 Å². The van der Waals surface area contributed by atoms with Crippen molar-refractivity contribution in [3.8, 4) is 0 Å². The number of carboxylic acids is 1. The lowest BCUT2D eigenvalue weighted by Gasteiger charge is -2.14. The Hall–Kier alpha value is -1.60. The number of nitrogen functional groups attached to an aromatic ring is 1. The first kappa shape index (κ1) is 12.5. The van der Waals surface area contributed by atoms with Crippen molar-refractivity contribution in [2.75, 3.05) is 5.73 Å². The smallest absolute Gasteiger partial charge is 0.241 e. The van der Waals surface area contributed by atoms with Crippen LogP contribution in [0.4, 0.5) is 5.69 Å². The van der Waals surface area contributed by atoms with E-state index in [1.165, 1.54) is 31.2 Å². The molecule has 0 spiro atoms. The van der Waals surface area contributed by atoms with E-state index in [0.717, 1.165) is 0 Å². The van der Waals surface area contributed by atoms with Crippen LogP contribution in [0.2, 0.25) is 0 Å². The molecule has 1 atom stereocenters. The van der Waals surface area contributed by atoms with Gasteiger partial charge in [0, 0.05) is 5.69 Å². The Bertz CT molecular complexity index is 481. The maximum Gasteiger partial charge on any atom is 0.241 e. The summed E-state index contributed by atoms with van der Waals surface area (Å²) in [4.78, 5) is 10.4. The Labute approximate surface area is 93.1 Å². The Kier molecular flexibility index (Phi) is 3.51. The summed E-state index contributed by atoms with van der Waals surface area (Å²) in [5.74, 6) is -1.49. The Morgan fingerprint density at radius 1 is 1.38 bits per heavy atom. The summed E-state index contributed by atoms with van der Waals surface area (Å²) in [5.41, 5.74) is 5.82. The molecule has 0 radical (unpaired) electrons. The number of nitrogens with one attached hydrogen (secondary N) is 1. The molecule has 0 unspecified atom stereocenters. The second kappa shape index (κ2) is 4.50. The molecule has 16 heavy (non-hydrogen) atoms. The molecule has 0 saturated carbocycles. The summed E-state index contributed by atoms with van der Waals surface area (Å²) >= 11 is 0. The van der Waals surface area contributed by atoms with Crippen molar-refractivity contribution in [3.63, 3.8) is 0 Å². The van der Waals surface area contributed by atoms with E-state index < -0.39 is 22.0 Å². The molecular weight excluding hydrogens is 232 g/mol. The highest BCUT2D eigenvalue weighted by Gasteiger charge is 2.17. The van der Waals surface area contributed by atoms with Crippen LogP contribution in [-0.4, -0.2) is 20.4 Å². The molecule has 0 amide bonds. The third kappa shape index (κ3) is 2.94. The Balaban J connectivity index is 2.94. The minimum atomic E-state index is -3.85. The van der Waals surface area contributed by atoms with Crippen LogP contribution in [0.1, 0.15) is 6.92 Å². The zero-order chi connectivity index (χ0) is 12.3. The lowest BCUT2D eigenvalue weighted by atomic mass is 10.3. The van der Waals surface area contributed by atoms with Crippen LogP contribution in [0.3, 0.4) is 0 Å². The molecule has 0 bridgehead atoms.